The molecule has 2 aromatic carbocycles. The molecule has 0 saturated carbocycles. The largest absolute Gasteiger partial charge is 0.494 e. The van der Waals surface area contributed by atoms with Crippen LogP contribution in [-0.4, -0.2) is 18.3 Å². The number of aliphatic hydroxyl groups excluding tert-OH is 1. The number of hydrogen-bond acceptors (Lipinski definition) is 2. The van der Waals surface area contributed by atoms with Crippen molar-refractivity contribution in [3.05, 3.63) is 65.7 Å². The summed E-state index contributed by atoms with van der Waals surface area (Å²) in [6.45, 7) is 4.88. The van der Waals surface area contributed by atoms with Gasteiger partial charge >= 0.3 is 0 Å². The van der Waals surface area contributed by atoms with Crippen LogP contribution in [0.5, 0.6) is 5.75 Å². The first-order chi connectivity index (χ1) is 9.68. The van der Waals surface area contributed by atoms with E-state index < -0.39 is 0 Å². The van der Waals surface area contributed by atoms with Crippen molar-refractivity contribution in [2.45, 2.75) is 25.7 Å². The minimum absolute atomic E-state index is 0.129. The molecule has 0 aromatic heterocycles. The quantitative estimate of drug-likeness (QED) is 0.869. The third-order valence-electron chi connectivity index (χ3n) is 3.65. The van der Waals surface area contributed by atoms with Gasteiger partial charge in [-0.25, -0.2) is 0 Å². The summed E-state index contributed by atoms with van der Waals surface area (Å²) < 4.78 is 5.45. The van der Waals surface area contributed by atoms with Crippen LogP contribution < -0.4 is 4.74 Å². The minimum atomic E-state index is -0.256. The first kappa shape index (κ1) is 14.6. The lowest BCUT2D eigenvalue weighted by atomic mass is 9.78. The highest BCUT2D eigenvalue weighted by atomic mass is 16.5. The van der Waals surface area contributed by atoms with Crippen LogP contribution >= 0.6 is 0 Å². The van der Waals surface area contributed by atoms with E-state index in [0.29, 0.717) is 6.61 Å². The van der Waals surface area contributed by atoms with E-state index in [1.54, 1.807) is 0 Å². The summed E-state index contributed by atoms with van der Waals surface area (Å²) in [6.07, 6.45) is 0.805. The van der Waals surface area contributed by atoms with Gasteiger partial charge < -0.3 is 9.84 Å². The summed E-state index contributed by atoms with van der Waals surface area (Å²) in [5, 5.41) is 9.81. The molecule has 0 fully saturated rings. The molecule has 2 rings (SSSR count). The summed E-state index contributed by atoms with van der Waals surface area (Å²) in [6, 6.07) is 18.3. The van der Waals surface area contributed by atoms with E-state index in [9.17, 15) is 5.11 Å². The van der Waals surface area contributed by atoms with E-state index in [1.807, 2.05) is 37.3 Å². The molecule has 0 heterocycles. The van der Waals surface area contributed by atoms with Crippen molar-refractivity contribution >= 4 is 0 Å². The Morgan fingerprint density at radius 2 is 1.65 bits per heavy atom. The Hall–Kier alpha value is -1.80. The lowest BCUT2D eigenvalue weighted by Crippen LogP contribution is -2.29. The topological polar surface area (TPSA) is 29.5 Å². The Morgan fingerprint density at radius 3 is 2.20 bits per heavy atom. The lowest BCUT2D eigenvalue weighted by Gasteiger charge is -2.28. The van der Waals surface area contributed by atoms with Gasteiger partial charge in [0.2, 0.25) is 0 Å². The Labute approximate surface area is 121 Å². The summed E-state index contributed by atoms with van der Waals surface area (Å²) >= 11 is 0. The third-order valence-corrected chi connectivity index (χ3v) is 3.65. The Morgan fingerprint density at radius 1 is 1.00 bits per heavy atom. The van der Waals surface area contributed by atoms with Gasteiger partial charge in [-0.2, -0.15) is 0 Å². The molecule has 2 aromatic rings. The maximum absolute atomic E-state index is 9.81. The van der Waals surface area contributed by atoms with Crippen molar-refractivity contribution < 1.29 is 9.84 Å². The highest BCUT2D eigenvalue weighted by molar-refractivity contribution is 5.32. The average molecular weight is 270 g/mol. The van der Waals surface area contributed by atoms with Gasteiger partial charge in [-0.15, -0.1) is 0 Å². The summed E-state index contributed by atoms with van der Waals surface area (Å²) in [7, 11) is 0. The van der Waals surface area contributed by atoms with Crippen LogP contribution in [0.3, 0.4) is 0 Å². The first-order valence-corrected chi connectivity index (χ1v) is 7.06. The number of rotatable bonds is 6. The van der Waals surface area contributed by atoms with E-state index in [1.165, 1.54) is 5.56 Å². The number of aliphatic hydroxyl groups is 1. The number of hydrogen-bond donors (Lipinski definition) is 1. The van der Waals surface area contributed by atoms with E-state index in [4.69, 9.17) is 4.74 Å². The van der Waals surface area contributed by atoms with Crippen LogP contribution in [0.25, 0.3) is 0 Å². The molecule has 0 amide bonds. The van der Waals surface area contributed by atoms with E-state index >= 15 is 0 Å². The Balaban J connectivity index is 2.17. The van der Waals surface area contributed by atoms with Gasteiger partial charge in [-0.3, -0.25) is 0 Å². The zero-order valence-electron chi connectivity index (χ0n) is 12.2. The molecule has 1 atom stereocenters. The maximum Gasteiger partial charge on any atom is 0.119 e. The molecular formula is C18H22O2. The molecular weight excluding hydrogens is 248 g/mol. The molecule has 0 spiro atoms. The van der Waals surface area contributed by atoms with Crippen molar-refractivity contribution in [3.63, 3.8) is 0 Å². The molecule has 2 heteroatoms. The van der Waals surface area contributed by atoms with Crippen LogP contribution in [0, 0.1) is 0 Å². The number of ether oxygens (including phenoxy) is 1. The summed E-state index contributed by atoms with van der Waals surface area (Å²) in [5.74, 6) is 0.890. The van der Waals surface area contributed by atoms with Gasteiger partial charge in [0.25, 0.3) is 0 Å². The highest BCUT2D eigenvalue weighted by Gasteiger charge is 2.25. The summed E-state index contributed by atoms with van der Waals surface area (Å²) in [5.41, 5.74) is 2.11. The molecule has 2 nitrogen and oxygen atoms in total. The molecule has 0 bridgehead atoms. The van der Waals surface area contributed by atoms with E-state index in [0.717, 1.165) is 17.7 Å². The fourth-order valence-corrected chi connectivity index (χ4v) is 2.41. The van der Waals surface area contributed by atoms with Gasteiger partial charge in [-0.1, -0.05) is 49.4 Å². The van der Waals surface area contributed by atoms with Crippen molar-refractivity contribution in [2.75, 3.05) is 13.2 Å². The van der Waals surface area contributed by atoms with E-state index in [-0.39, 0.29) is 12.0 Å². The van der Waals surface area contributed by atoms with Gasteiger partial charge in [0.05, 0.1) is 13.2 Å². The van der Waals surface area contributed by atoms with Crippen LogP contribution in [0.1, 0.15) is 25.0 Å². The van der Waals surface area contributed by atoms with Crippen LogP contribution in [-0.2, 0) is 11.8 Å². The second-order valence-electron chi connectivity index (χ2n) is 5.34. The molecule has 0 aliphatic carbocycles. The maximum atomic E-state index is 9.81. The molecule has 0 radical (unpaired) electrons. The van der Waals surface area contributed by atoms with E-state index in [2.05, 4.69) is 31.2 Å². The standard InChI is InChI=1S/C18H22O2/c1-3-20-17-11-9-15(10-12-17)13-18(2,14-19)16-7-5-4-6-8-16/h4-12,19H,3,13-14H2,1-2H3. The molecule has 1 unspecified atom stereocenters. The van der Waals surface area contributed by atoms with Crippen molar-refractivity contribution in [3.8, 4) is 5.75 Å². The fraction of sp³-hybridized carbons (Fsp3) is 0.333. The molecule has 20 heavy (non-hydrogen) atoms. The first-order valence-electron chi connectivity index (χ1n) is 7.06. The highest BCUT2D eigenvalue weighted by Crippen LogP contribution is 2.28. The number of benzene rings is 2. The predicted molar refractivity (Wildman–Crippen MR) is 82.2 cm³/mol. The third kappa shape index (κ3) is 3.40. The predicted octanol–water partition coefficient (Wildman–Crippen LogP) is 3.58. The SMILES string of the molecule is CCOc1ccc(CC(C)(CO)c2ccccc2)cc1. The molecule has 0 saturated heterocycles. The van der Waals surface area contributed by atoms with Gasteiger partial charge in [0.15, 0.2) is 0 Å². The zero-order chi connectivity index (χ0) is 14.4. The monoisotopic (exact) mass is 270 g/mol. The molecule has 0 aliphatic heterocycles. The van der Waals surface area contributed by atoms with Crippen LogP contribution in [0.4, 0.5) is 0 Å². The van der Waals surface area contributed by atoms with Gasteiger partial charge in [0.1, 0.15) is 5.75 Å². The zero-order valence-corrected chi connectivity index (χ0v) is 12.2. The average Bonchev–Trinajstić information content (AvgIpc) is 2.50. The van der Waals surface area contributed by atoms with Crippen molar-refractivity contribution in [2.24, 2.45) is 0 Å². The normalized spacial score (nSPS) is 13.8. The fourth-order valence-electron chi connectivity index (χ4n) is 2.41. The summed E-state index contributed by atoms with van der Waals surface area (Å²) in [4.78, 5) is 0. The lowest BCUT2D eigenvalue weighted by molar-refractivity contribution is 0.204. The molecule has 1 N–H and O–H groups in total. The molecule has 106 valence electrons. The van der Waals surface area contributed by atoms with Gasteiger partial charge in [0, 0.05) is 5.41 Å². The van der Waals surface area contributed by atoms with Gasteiger partial charge in [-0.05, 0) is 36.6 Å². The molecule has 0 aliphatic rings. The second-order valence-corrected chi connectivity index (χ2v) is 5.34. The van der Waals surface area contributed by atoms with Crippen molar-refractivity contribution in [1.29, 1.82) is 0 Å². The van der Waals surface area contributed by atoms with Crippen LogP contribution in [0.15, 0.2) is 54.6 Å². The van der Waals surface area contributed by atoms with Crippen LogP contribution in [0.2, 0.25) is 0 Å². The Kier molecular flexibility index (Phi) is 4.80. The smallest absolute Gasteiger partial charge is 0.119 e. The second kappa shape index (κ2) is 6.58. The Bertz CT molecular complexity index is 519. The van der Waals surface area contributed by atoms with Crippen molar-refractivity contribution in [1.82, 2.24) is 0 Å². The minimum Gasteiger partial charge on any atom is -0.494 e.